The number of nitrogen functional groups attached to an aromatic ring is 1. The van der Waals surface area contributed by atoms with E-state index in [4.69, 9.17) is 5.73 Å². The van der Waals surface area contributed by atoms with Crippen LogP contribution >= 0.6 is 0 Å². The van der Waals surface area contributed by atoms with E-state index in [0.717, 1.165) is 0 Å². The number of halogens is 2. The minimum absolute atomic E-state index is 0.128. The van der Waals surface area contributed by atoms with Gasteiger partial charge in [-0.1, -0.05) is 0 Å². The highest BCUT2D eigenvalue weighted by atomic mass is 19.3. The Kier molecular flexibility index (Phi) is 2.44. The second-order valence-electron chi connectivity index (χ2n) is 4.55. The number of aliphatic hydroxyl groups excluding tert-OH is 2. The highest BCUT2D eigenvalue weighted by Crippen LogP contribution is 2.42. The van der Waals surface area contributed by atoms with E-state index in [1.165, 1.54) is 17.2 Å². The maximum Gasteiger partial charge on any atom is 0.278 e. The van der Waals surface area contributed by atoms with Gasteiger partial charge in [0, 0.05) is 6.42 Å². The first-order valence-electron chi connectivity index (χ1n) is 5.59. The lowest BCUT2D eigenvalue weighted by Crippen LogP contribution is -2.35. The Balaban J connectivity index is 2.09. The maximum absolute atomic E-state index is 13.4. The molecule has 2 aromatic heterocycles. The molecule has 0 saturated heterocycles. The molecule has 4 N–H and O–H groups in total. The number of hydrogen-bond acceptors (Lipinski definition) is 6. The fourth-order valence-corrected chi connectivity index (χ4v) is 2.36. The standard InChI is InChI=1S/C10H11F2N5O2/c11-10(12)1-4(6(18)7(10)19)17-3-16-5-8(13)14-2-15-9(5)17/h2-4,6-7,18-19H,1H2,(H2,13,14,15)/t4-,6+,7+/m1/s1. The number of hydrogen-bond donors (Lipinski definition) is 3. The van der Waals surface area contributed by atoms with Gasteiger partial charge >= 0.3 is 0 Å². The molecular formula is C10H11F2N5O2. The molecular weight excluding hydrogens is 260 g/mol. The van der Waals surface area contributed by atoms with E-state index in [1.54, 1.807) is 0 Å². The molecule has 0 amide bonds. The highest BCUT2D eigenvalue weighted by molar-refractivity contribution is 5.81. The van der Waals surface area contributed by atoms with Gasteiger partial charge in [0.15, 0.2) is 11.5 Å². The van der Waals surface area contributed by atoms with Crippen molar-refractivity contribution < 1.29 is 19.0 Å². The minimum Gasteiger partial charge on any atom is -0.388 e. The van der Waals surface area contributed by atoms with Crippen LogP contribution in [0.3, 0.4) is 0 Å². The van der Waals surface area contributed by atoms with Crippen LogP contribution in [-0.2, 0) is 0 Å². The van der Waals surface area contributed by atoms with Gasteiger partial charge in [-0.05, 0) is 0 Å². The van der Waals surface area contributed by atoms with E-state index in [2.05, 4.69) is 15.0 Å². The number of rotatable bonds is 1. The van der Waals surface area contributed by atoms with Crippen molar-refractivity contribution in [3.8, 4) is 0 Å². The molecule has 1 saturated carbocycles. The first-order valence-corrected chi connectivity index (χ1v) is 5.59. The van der Waals surface area contributed by atoms with Crippen LogP contribution < -0.4 is 5.73 Å². The SMILES string of the molecule is Nc1ncnc2c1ncn2[C@@H]1CC(F)(F)[C@@H](O)[C@H]1O. The van der Waals surface area contributed by atoms with Gasteiger partial charge in [0.05, 0.1) is 12.4 Å². The lowest BCUT2D eigenvalue weighted by molar-refractivity contribution is -0.113. The number of aliphatic hydroxyl groups is 2. The van der Waals surface area contributed by atoms with Gasteiger partial charge in [0.25, 0.3) is 5.92 Å². The van der Waals surface area contributed by atoms with Gasteiger partial charge < -0.3 is 20.5 Å². The van der Waals surface area contributed by atoms with Crippen LogP contribution in [-0.4, -0.2) is 47.9 Å². The second-order valence-corrected chi connectivity index (χ2v) is 4.55. The molecule has 0 bridgehead atoms. The van der Waals surface area contributed by atoms with Gasteiger partial charge in [-0.2, -0.15) is 0 Å². The number of fused-ring (bicyclic) bond motifs is 1. The summed E-state index contributed by atoms with van der Waals surface area (Å²) in [6, 6.07) is -1.01. The van der Waals surface area contributed by atoms with Crippen molar-refractivity contribution in [1.29, 1.82) is 0 Å². The first kappa shape index (κ1) is 12.2. The zero-order valence-corrected chi connectivity index (χ0v) is 9.61. The number of nitrogens with zero attached hydrogens (tertiary/aromatic N) is 4. The van der Waals surface area contributed by atoms with Crippen molar-refractivity contribution in [1.82, 2.24) is 19.5 Å². The number of imidazole rings is 1. The van der Waals surface area contributed by atoms with E-state index >= 15 is 0 Å². The third-order valence-corrected chi connectivity index (χ3v) is 3.38. The lowest BCUT2D eigenvalue weighted by atomic mass is 10.2. The van der Waals surface area contributed by atoms with Crippen LogP contribution in [0.4, 0.5) is 14.6 Å². The number of nitrogens with two attached hydrogens (primary N) is 1. The number of aromatic nitrogens is 4. The average molecular weight is 271 g/mol. The van der Waals surface area contributed by atoms with Crippen molar-refractivity contribution >= 4 is 17.0 Å². The molecule has 1 fully saturated rings. The fraction of sp³-hybridized carbons (Fsp3) is 0.500. The Labute approximate surface area is 105 Å². The van der Waals surface area contributed by atoms with E-state index in [0.29, 0.717) is 0 Å². The molecule has 1 aliphatic carbocycles. The Morgan fingerprint density at radius 2 is 2.05 bits per heavy atom. The smallest absolute Gasteiger partial charge is 0.278 e. The molecule has 2 aromatic rings. The summed E-state index contributed by atoms with van der Waals surface area (Å²) in [5, 5.41) is 19.1. The van der Waals surface area contributed by atoms with Crippen LogP contribution in [0.25, 0.3) is 11.2 Å². The van der Waals surface area contributed by atoms with Gasteiger partial charge in [-0.3, -0.25) is 0 Å². The monoisotopic (exact) mass is 271 g/mol. The van der Waals surface area contributed by atoms with E-state index in [-0.39, 0.29) is 17.0 Å². The molecule has 102 valence electrons. The Morgan fingerprint density at radius 1 is 1.32 bits per heavy atom. The first-order chi connectivity index (χ1) is 8.92. The highest BCUT2D eigenvalue weighted by Gasteiger charge is 2.55. The Morgan fingerprint density at radius 3 is 2.68 bits per heavy atom. The molecule has 0 radical (unpaired) electrons. The molecule has 3 atom stereocenters. The Hall–Kier alpha value is -1.87. The molecule has 2 heterocycles. The molecule has 7 nitrogen and oxygen atoms in total. The molecule has 3 rings (SSSR count). The molecule has 9 heteroatoms. The summed E-state index contributed by atoms with van der Waals surface area (Å²) in [5.41, 5.74) is 6.13. The number of alkyl halides is 2. The van der Waals surface area contributed by atoms with Crippen molar-refractivity contribution in [2.75, 3.05) is 5.73 Å². The molecule has 0 unspecified atom stereocenters. The minimum atomic E-state index is -3.35. The van der Waals surface area contributed by atoms with Gasteiger partial charge in [-0.25, -0.2) is 23.7 Å². The van der Waals surface area contributed by atoms with Crippen LogP contribution in [0, 0.1) is 0 Å². The van der Waals surface area contributed by atoms with Crippen molar-refractivity contribution in [2.24, 2.45) is 0 Å². The molecule has 0 aromatic carbocycles. The summed E-state index contributed by atoms with van der Waals surface area (Å²) in [5.74, 6) is -3.22. The largest absolute Gasteiger partial charge is 0.388 e. The second kappa shape index (κ2) is 3.81. The van der Waals surface area contributed by atoms with E-state index in [1.807, 2.05) is 0 Å². The lowest BCUT2D eigenvalue weighted by Gasteiger charge is -2.17. The zero-order chi connectivity index (χ0) is 13.8. The normalized spacial score (nSPS) is 30.0. The third-order valence-electron chi connectivity index (χ3n) is 3.38. The summed E-state index contributed by atoms with van der Waals surface area (Å²) in [4.78, 5) is 11.6. The summed E-state index contributed by atoms with van der Waals surface area (Å²) in [6.07, 6.45) is -1.94. The third kappa shape index (κ3) is 1.65. The summed E-state index contributed by atoms with van der Waals surface area (Å²) in [7, 11) is 0. The Bertz CT molecular complexity index is 631. The quantitative estimate of drug-likeness (QED) is 0.657. The van der Waals surface area contributed by atoms with Crippen LogP contribution in [0.1, 0.15) is 12.5 Å². The molecule has 0 aliphatic heterocycles. The van der Waals surface area contributed by atoms with Gasteiger partial charge in [-0.15, -0.1) is 0 Å². The maximum atomic E-state index is 13.4. The van der Waals surface area contributed by atoms with E-state index in [9.17, 15) is 19.0 Å². The molecule has 19 heavy (non-hydrogen) atoms. The van der Waals surface area contributed by atoms with Crippen molar-refractivity contribution in [2.45, 2.75) is 30.6 Å². The topological polar surface area (TPSA) is 110 Å². The van der Waals surface area contributed by atoms with E-state index < -0.39 is 30.6 Å². The predicted molar refractivity (Wildman–Crippen MR) is 60.4 cm³/mol. The zero-order valence-electron chi connectivity index (χ0n) is 9.61. The molecule has 1 aliphatic rings. The predicted octanol–water partition coefficient (Wildman–Crippen LogP) is -0.290. The summed E-state index contributed by atoms with van der Waals surface area (Å²) < 4.78 is 28.1. The van der Waals surface area contributed by atoms with Gasteiger partial charge in [0.1, 0.15) is 24.1 Å². The van der Waals surface area contributed by atoms with Gasteiger partial charge in [0.2, 0.25) is 0 Å². The van der Waals surface area contributed by atoms with Crippen LogP contribution in [0.5, 0.6) is 0 Å². The summed E-state index contributed by atoms with van der Waals surface area (Å²) in [6.45, 7) is 0. The fourth-order valence-electron chi connectivity index (χ4n) is 2.36. The summed E-state index contributed by atoms with van der Waals surface area (Å²) >= 11 is 0. The van der Waals surface area contributed by atoms with Crippen molar-refractivity contribution in [3.05, 3.63) is 12.7 Å². The number of anilines is 1. The van der Waals surface area contributed by atoms with Crippen LogP contribution in [0.2, 0.25) is 0 Å². The molecule has 0 spiro atoms. The van der Waals surface area contributed by atoms with Crippen LogP contribution in [0.15, 0.2) is 12.7 Å². The van der Waals surface area contributed by atoms with Crippen molar-refractivity contribution in [3.63, 3.8) is 0 Å². The average Bonchev–Trinajstić information content (AvgIpc) is 2.86.